The van der Waals surface area contributed by atoms with E-state index in [1.165, 1.54) is 10.5 Å². The molecule has 164 valence electrons. The molecule has 1 amide bonds. The molecule has 0 spiro atoms. The Bertz CT molecular complexity index is 1210. The molecular formula is C24H24N4O4. The molecule has 0 aliphatic rings. The van der Waals surface area contributed by atoms with E-state index < -0.39 is 11.5 Å². The lowest BCUT2D eigenvalue weighted by molar-refractivity contribution is -0.117. The van der Waals surface area contributed by atoms with Crippen molar-refractivity contribution in [2.45, 2.75) is 26.4 Å². The van der Waals surface area contributed by atoms with Crippen molar-refractivity contribution in [2.24, 2.45) is 0 Å². The molecule has 8 heteroatoms. The maximum Gasteiger partial charge on any atom is 0.269 e. The molecule has 2 heterocycles. The Morgan fingerprint density at radius 2 is 1.97 bits per heavy atom. The molecule has 0 bridgehead atoms. The molecule has 0 fully saturated rings. The van der Waals surface area contributed by atoms with Crippen LogP contribution in [0.15, 0.2) is 65.1 Å². The van der Waals surface area contributed by atoms with Crippen LogP contribution in [0.3, 0.4) is 0 Å². The molecule has 1 aromatic carbocycles. The fraction of sp³-hybridized carbons (Fsp3) is 0.250. The van der Waals surface area contributed by atoms with Crippen LogP contribution in [0.4, 0.5) is 0 Å². The van der Waals surface area contributed by atoms with Gasteiger partial charge < -0.3 is 14.8 Å². The molecule has 3 aromatic rings. The summed E-state index contributed by atoms with van der Waals surface area (Å²) in [5, 5.41) is 12.2. The Labute approximate surface area is 185 Å². The minimum absolute atomic E-state index is 0.00685. The topological polar surface area (TPSA) is 106 Å². The quantitative estimate of drug-likeness (QED) is 0.316. The number of amides is 1. The lowest BCUT2D eigenvalue weighted by Gasteiger charge is -2.10. The zero-order valence-electron chi connectivity index (χ0n) is 17.9. The lowest BCUT2D eigenvalue weighted by atomic mass is 10.1. The smallest absolute Gasteiger partial charge is 0.269 e. The number of carbonyl (C=O) groups excluding carboxylic acids is 1. The molecule has 3 rings (SSSR count). The van der Waals surface area contributed by atoms with Crippen molar-refractivity contribution in [3.63, 3.8) is 0 Å². The minimum atomic E-state index is -0.583. The van der Waals surface area contributed by atoms with Crippen LogP contribution >= 0.6 is 0 Å². The number of para-hydroxylation sites is 1. The average molecular weight is 432 g/mol. The summed E-state index contributed by atoms with van der Waals surface area (Å²) in [6.45, 7) is 4.70. The van der Waals surface area contributed by atoms with Gasteiger partial charge in [0.2, 0.25) is 5.88 Å². The summed E-state index contributed by atoms with van der Waals surface area (Å²) < 4.78 is 12.6. The van der Waals surface area contributed by atoms with Crippen molar-refractivity contribution in [3.05, 3.63) is 76.2 Å². The number of carbonyl (C=O) groups is 1. The first-order chi connectivity index (χ1) is 15.5. The molecule has 0 unspecified atom stereocenters. The van der Waals surface area contributed by atoms with E-state index in [0.717, 1.165) is 0 Å². The van der Waals surface area contributed by atoms with Crippen molar-refractivity contribution in [2.75, 3.05) is 13.2 Å². The monoisotopic (exact) mass is 432 g/mol. The zero-order valence-corrected chi connectivity index (χ0v) is 17.9. The number of rotatable bonds is 9. The minimum Gasteiger partial charge on any atom is -0.438 e. The largest absolute Gasteiger partial charge is 0.438 e. The number of fused-ring (bicyclic) bond motifs is 1. The number of aromatic nitrogens is 2. The number of pyridine rings is 1. The van der Waals surface area contributed by atoms with Crippen molar-refractivity contribution < 1.29 is 14.3 Å². The van der Waals surface area contributed by atoms with Gasteiger partial charge in [0.25, 0.3) is 11.5 Å². The van der Waals surface area contributed by atoms with Crippen LogP contribution in [0.2, 0.25) is 0 Å². The summed E-state index contributed by atoms with van der Waals surface area (Å²) in [4.78, 5) is 30.0. The van der Waals surface area contributed by atoms with Gasteiger partial charge in [-0.1, -0.05) is 24.3 Å². The van der Waals surface area contributed by atoms with Gasteiger partial charge in [-0.2, -0.15) is 10.2 Å². The molecule has 1 N–H and O–H groups in total. The fourth-order valence-corrected chi connectivity index (χ4v) is 2.87. The Morgan fingerprint density at radius 3 is 2.69 bits per heavy atom. The fourth-order valence-electron chi connectivity index (χ4n) is 2.87. The van der Waals surface area contributed by atoms with Gasteiger partial charge in [0, 0.05) is 19.3 Å². The first-order valence-electron chi connectivity index (χ1n) is 10.3. The first kappa shape index (κ1) is 22.7. The van der Waals surface area contributed by atoms with E-state index in [4.69, 9.17) is 9.47 Å². The average Bonchev–Trinajstić information content (AvgIpc) is 2.79. The SMILES string of the molecule is CC(C)OCCCNC(=O)C(C#N)=Cc1c(Oc2ccccc2)nc2ccccn2c1=O. The number of ether oxygens (including phenoxy) is 2. The van der Waals surface area contributed by atoms with Gasteiger partial charge in [0.05, 0.1) is 6.10 Å². The summed E-state index contributed by atoms with van der Waals surface area (Å²) in [5.41, 5.74) is -0.282. The Kier molecular flexibility index (Phi) is 7.73. The Morgan fingerprint density at radius 1 is 1.22 bits per heavy atom. The second-order valence-corrected chi connectivity index (χ2v) is 7.18. The van der Waals surface area contributed by atoms with Gasteiger partial charge in [-0.05, 0) is 50.6 Å². The summed E-state index contributed by atoms with van der Waals surface area (Å²) >= 11 is 0. The van der Waals surface area contributed by atoms with E-state index in [1.54, 1.807) is 48.7 Å². The van der Waals surface area contributed by atoms with E-state index >= 15 is 0 Å². The molecule has 0 saturated heterocycles. The summed E-state index contributed by atoms with van der Waals surface area (Å²) in [7, 11) is 0. The molecule has 0 aliphatic carbocycles. The maximum absolute atomic E-state index is 13.1. The van der Waals surface area contributed by atoms with Crippen LogP contribution in [0.1, 0.15) is 25.8 Å². The van der Waals surface area contributed by atoms with Crippen molar-refractivity contribution in [3.8, 4) is 17.7 Å². The van der Waals surface area contributed by atoms with Gasteiger partial charge in [0.15, 0.2) is 0 Å². The van der Waals surface area contributed by atoms with Crippen LogP contribution in [0.25, 0.3) is 11.7 Å². The number of benzene rings is 1. The first-order valence-corrected chi connectivity index (χ1v) is 10.3. The van der Waals surface area contributed by atoms with E-state index in [1.807, 2.05) is 26.0 Å². The van der Waals surface area contributed by atoms with Crippen molar-refractivity contribution >= 4 is 17.6 Å². The third-order valence-corrected chi connectivity index (χ3v) is 4.40. The third-order valence-electron chi connectivity index (χ3n) is 4.40. The number of nitrogens with one attached hydrogen (secondary N) is 1. The van der Waals surface area contributed by atoms with Crippen LogP contribution < -0.4 is 15.6 Å². The summed E-state index contributed by atoms with van der Waals surface area (Å²) in [6.07, 6.45) is 3.49. The standard InChI is InChI=1S/C24H24N4O4/c1-17(2)31-14-8-12-26-22(29)18(16-25)15-20-23(32-19-9-4-3-5-10-19)27-21-11-6-7-13-28(21)24(20)30/h3-7,9-11,13,15,17H,8,12,14H2,1-2H3,(H,26,29). The molecule has 8 nitrogen and oxygen atoms in total. The highest BCUT2D eigenvalue weighted by molar-refractivity contribution is 6.01. The molecule has 0 aliphatic heterocycles. The van der Waals surface area contributed by atoms with E-state index in [0.29, 0.717) is 31.0 Å². The highest BCUT2D eigenvalue weighted by Crippen LogP contribution is 2.23. The van der Waals surface area contributed by atoms with Crippen molar-refractivity contribution in [1.29, 1.82) is 5.26 Å². The maximum atomic E-state index is 13.1. The predicted octanol–water partition coefficient (Wildman–Crippen LogP) is 3.33. The molecule has 32 heavy (non-hydrogen) atoms. The molecule has 0 saturated carbocycles. The number of hydrogen-bond donors (Lipinski definition) is 1. The summed E-state index contributed by atoms with van der Waals surface area (Å²) in [6, 6.07) is 15.8. The highest BCUT2D eigenvalue weighted by Gasteiger charge is 2.17. The zero-order chi connectivity index (χ0) is 22.9. The van der Waals surface area contributed by atoms with Crippen LogP contribution in [0.5, 0.6) is 11.6 Å². The van der Waals surface area contributed by atoms with Crippen LogP contribution in [-0.2, 0) is 9.53 Å². The van der Waals surface area contributed by atoms with Gasteiger partial charge >= 0.3 is 0 Å². The molecule has 2 aromatic heterocycles. The number of hydrogen-bond acceptors (Lipinski definition) is 6. The molecule has 0 radical (unpaired) electrons. The normalized spacial score (nSPS) is 11.4. The van der Waals surface area contributed by atoms with E-state index in [-0.39, 0.29) is 23.1 Å². The Hall–Kier alpha value is -3.96. The van der Waals surface area contributed by atoms with Gasteiger partial charge in [-0.25, -0.2) is 0 Å². The molecule has 0 atom stereocenters. The number of nitrogens with zero attached hydrogens (tertiary/aromatic N) is 3. The van der Waals surface area contributed by atoms with E-state index in [9.17, 15) is 14.9 Å². The van der Waals surface area contributed by atoms with E-state index in [2.05, 4.69) is 10.3 Å². The second kappa shape index (κ2) is 10.9. The Balaban J connectivity index is 1.92. The third kappa shape index (κ3) is 5.80. The molecular weight excluding hydrogens is 408 g/mol. The van der Waals surface area contributed by atoms with Crippen LogP contribution in [-0.4, -0.2) is 34.5 Å². The number of nitriles is 1. The lowest BCUT2D eigenvalue weighted by Crippen LogP contribution is -2.27. The summed E-state index contributed by atoms with van der Waals surface area (Å²) in [5.74, 6) is -0.0963. The second-order valence-electron chi connectivity index (χ2n) is 7.18. The van der Waals surface area contributed by atoms with Crippen LogP contribution in [0, 0.1) is 11.3 Å². The van der Waals surface area contributed by atoms with Crippen molar-refractivity contribution in [1.82, 2.24) is 14.7 Å². The predicted molar refractivity (Wildman–Crippen MR) is 120 cm³/mol. The highest BCUT2D eigenvalue weighted by atomic mass is 16.5. The van der Waals surface area contributed by atoms with Gasteiger partial charge in [0.1, 0.15) is 28.6 Å². The van der Waals surface area contributed by atoms with Gasteiger partial charge in [-0.15, -0.1) is 0 Å². The van der Waals surface area contributed by atoms with Gasteiger partial charge in [-0.3, -0.25) is 14.0 Å².